The van der Waals surface area contributed by atoms with Gasteiger partial charge in [0.15, 0.2) is 0 Å². The van der Waals surface area contributed by atoms with Crippen LogP contribution in [0.15, 0.2) is 30.3 Å². The summed E-state index contributed by atoms with van der Waals surface area (Å²) in [5.74, 6) is -0.259. The van der Waals surface area contributed by atoms with Crippen molar-refractivity contribution in [2.24, 2.45) is 0 Å². The number of benzene rings is 1. The molecule has 2 atom stereocenters. The molecule has 2 heterocycles. The molecule has 6 heteroatoms. The predicted molar refractivity (Wildman–Crippen MR) is 99.7 cm³/mol. The monoisotopic (exact) mass is 368 g/mol. The molecule has 2 N–H and O–H groups in total. The van der Waals surface area contributed by atoms with Crippen molar-refractivity contribution in [1.82, 2.24) is 10.6 Å². The van der Waals surface area contributed by atoms with Crippen molar-refractivity contribution in [3.8, 4) is 11.1 Å². The summed E-state index contributed by atoms with van der Waals surface area (Å²) in [5, 5.41) is 6.52. The van der Waals surface area contributed by atoms with Crippen LogP contribution in [0.3, 0.4) is 0 Å². The molecule has 1 fully saturated rings. The Hall–Kier alpha value is -1.43. The smallest absolute Gasteiger partial charge is 0.261 e. The van der Waals surface area contributed by atoms with Crippen molar-refractivity contribution in [3.63, 3.8) is 0 Å². The number of nitrogens with one attached hydrogen (secondary N) is 2. The fraction of sp³-hybridized carbons (Fsp3) is 0.389. The summed E-state index contributed by atoms with van der Waals surface area (Å²) in [4.78, 5) is 14.3. The van der Waals surface area contributed by atoms with Crippen molar-refractivity contribution >= 4 is 29.7 Å². The third-order valence-electron chi connectivity index (χ3n) is 4.26. The van der Waals surface area contributed by atoms with E-state index in [2.05, 4.69) is 17.6 Å². The maximum Gasteiger partial charge on any atom is 0.261 e. The number of carbonyl (C=O) groups is 1. The van der Waals surface area contributed by atoms with Gasteiger partial charge < -0.3 is 10.6 Å². The minimum Gasteiger partial charge on any atom is -0.349 e. The Kier molecular flexibility index (Phi) is 6.38. The number of amides is 1. The molecule has 1 aliphatic heterocycles. The first kappa shape index (κ1) is 18.9. The second-order valence-electron chi connectivity index (χ2n) is 6.14. The van der Waals surface area contributed by atoms with Gasteiger partial charge in [0.1, 0.15) is 5.82 Å². The number of thiophene rings is 1. The molecule has 2 unspecified atom stereocenters. The Labute approximate surface area is 152 Å². The van der Waals surface area contributed by atoms with Gasteiger partial charge >= 0.3 is 0 Å². The summed E-state index contributed by atoms with van der Waals surface area (Å²) in [6, 6.07) is 8.98. The lowest BCUT2D eigenvalue weighted by atomic mass is 10.0. The summed E-state index contributed by atoms with van der Waals surface area (Å²) in [6.07, 6.45) is 1.92. The third kappa shape index (κ3) is 4.35. The molecule has 24 heavy (non-hydrogen) atoms. The van der Waals surface area contributed by atoms with E-state index in [1.165, 1.54) is 23.5 Å². The van der Waals surface area contributed by atoms with E-state index < -0.39 is 0 Å². The number of piperidine rings is 1. The van der Waals surface area contributed by atoms with E-state index in [0.717, 1.165) is 35.4 Å². The molecule has 0 radical (unpaired) electrons. The normalized spacial score (nSPS) is 20.3. The van der Waals surface area contributed by atoms with Crippen LogP contribution >= 0.6 is 23.7 Å². The zero-order valence-corrected chi connectivity index (χ0v) is 15.4. The van der Waals surface area contributed by atoms with Crippen LogP contribution in [-0.4, -0.2) is 24.5 Å². The number of halogens is 2. The second kappa shape index (κ2) is 8.10. The van der Waals surface area contributed by atoms with E-state index in [9.17, 15) is 9.18 Å². The van der Waals surface area contributed by atoms with Crippen LogP contribution in [0.25, 0.3) is 11.1 Å². The molecule has 2 aromatic rings. The van der Waals surface area contributed by atoms with Gasteiger partial charge in [-0.25, -0.2) is 4.39 Å². The van der Waals surface area contributed by atoms with E-state index in [1.54, 1.807) is 12.1 Å². The summed E-state index contributed by atoms with van der Waals surface area (Å²) < 4.78 is 13.1. The van der Waals surface area contributed by atoms with Crippen molar-refractivity contribution in [3.05, 3.63) is 45.9 Å². The molecule has 0 saturated carbocycles. The molecule has 1 aromatic carbocycles. The lowest BCUT2D eigenvalue weighted by Gasteiger charge is -2.28. The average molecular weight is 369 g/mol. The van der Waals surface area contributed by atoms with Gasteiger partial charge in [0.25, 0.3) is 5.91 Å². The van der Waals surface area contributed by atoms with E-state index >= 15 is 0 Å². The maximum absolute atomic E-state index is 13.1. The molecule has 3 nitrogen and oxygen atoms in total. The first-order chi connectivity index (χ1) is 11.0. The van der Waals surface area contributed by atoms with E-state index in [-0.39, 0.29) is 30.2 Å². The Morgan fingerprint density at radius 3 is 2.71 bits per heavy atom. The van der Waals surface area contributed by atoms with Crippen LogP contribution in [-0.2, 0) is 0 Å². The van der Waals surface area contributed by atoms with Crippen molar-refractivity contribution in [2.75, 3.05) is 6.54 Å². The number of hydrogen-bond donors (Lipinski definition) is 2. The van der Waals surface area contributed by atoms with Crippen LogP contribution in [0.2, 0.25) is 0 Å². The molecule has 0 aliphatic carbocycles. The van der Waals surface area contributed by atoms with Gasteiger partial charge in [-0.1, -0.05) is 12.1 Å². The Morgan fingerprint density at radius 1 is 1.33 bits per heavy atom. The fourth-order valence-electron chi connectivity index (χ4n) is 3.03. The quantitative estimate of drug-likeness (QED) is 0.854. The van der Waals surface area contributed by atoms with Gasteiger partial charge in [-0.05, 0) is 62.6 Å². The van der Waals surface area contributed by atoms with Crippen LogP contribution in [0, 0.1) is 12.7 Å². The molecule has 0 bridgehead atoms. The van der Waals surface area contributed by atoms with Gasteiger partial charge in [-0.15, -0.1) is 23.7 Å². The van der Waals surface area contributed by atoms with Crippen molar-refractivity contribution in [1.29, 1.82) is 0 Å². The molecule has 1 aliphatic rings. The molecular weight excluding hydrogens is 347 g/mol. The number of carbonyl (C=O) groups excluding carboxylic acids is 1. The van der Waals surface area contributed by atoms with Crippen LogP contribution < -0.4 is 10.6 Å². The second-order valence-corrected chi connectivity index (χ2v) is 7.39. The van der Waals surface area contributed by atoms with Crippen LogP contribution in [0.4, 0.5) is 4.39 Å². The highest BCUT2D eigenvalue weighted by molar-refractivity contribution is 7.14. The molecule has 1 aromatic heterocycles. The number of aryl methyl sites for hydroxylation is 1. The lowest BCUT2D eigenvalue weighted by Crippen LogP contribution is -2.46. The standard InChI is InChI=1S/C18H21FN2OS.ClH/c1-11-9-15(7-8-20-11)21-18(22)17-10-16(12(2)23-17)13-3-5-14(19)6-4-13;/h3-6,10-11,15,20H,7-9H2,1-2H3,(H,21,22);1H. The number of rotatable bonds is 3. The molecule has 1 amide bonds. The topological polar surface area (TPSA) is 41.1 Å². The minimum atomic E-state index is -0.250. The fourth-order valence-corrected chi connectivity index (χ4v) is 3.97. The highest BCUT2D eigenvalue weighted by Crippen LogP contribution is 2.31. The predicted octanol–water partition coefficient (Wildman–Crippen LogP) is 4.15. The highest BCUT2D eigenvalue weighted by atomic mass is 35.5. The first-order valence-corrected chi connectivity index (χ1v) is 8.75. The van der Waals surface area contributed by atoms with E-state index in [4.69, 9.17) is 0 Å². The Bertz CT molecular complexity index is 702. The molecule has 130 valence electrons. The molecule has 0 spiro atoms. The summed E-state index contributed by atoms with van der Waals surface area (Å²) in [5.41, 5.74) is 1.94. The SMILES string of the molecule is Cc1sc(C(=O)NC2CCNC(C)C2)cc1-c1ccc(F)cc1.Cl. The zero-order valence-electron chi connectivity index (χ0n) is 13.8. The van der Waals surface area contributed by atoms with E-state index in [1.807, 2.05) is 13.0 Å². The van der Waals surface area contributed by atoms with Crippen molar-refractivity contribution < 1.29 is 9.18 Å². The highest BCUT2D eigenvalue weighted by Gasteiger charge is 2.22. The Balaban J connectivity index is 0.00000208. The largest absolute Gasteiger partial charge is 0.349 e. The maximum atomic E-state index is 13.1. The van der Waals surface area contributed by atoms with Crippen molar-refractivity contribution in [2.45, 2.75) is 38.8 Å². The molecule has 3 rings (SSSR count). The van der Waals surface area contributed by atoms with Gasteiger partial charge in [-0.2, -0.15) is 0 Å². The molecular formula is C18H22ClFN2OS. The van der Waals surface area contributed by atoms with E-state index in [0.29, 0.717) is 10.9 Å². The average Bonchev–Trinajstić information content (AvgIpc) is 2.90. The third-order valence-corrected chi connectivity index (χ3v) is 5.30. The van der Waals surface area contributed by atoms with Gasteiger partial charge in [0.2, 0.25) is 0 Å². The summed E-state index contributed by atoms with van der Waals surface area (Å²) >= 11 is 1.49. The minimum absolute atomic E-state index is 0. The summed E-state index contributed by atoms with van der Waals surface area (Å²) in [7, 11) is 0. The zero-order chi connectivity index (χ0) is 16.4. The molecule has 1 saturated heterocycles. The van der Waals surface area contributed by atoms with Gasteiger partial charge in [0, 0.05) is 17.0 Å². The van der Waals surface area contributed by atoms with Gasteiger partial charge in [-0.3, -0.25) is 4.79 Å². The van der Waals surface area contributed by atoms with Crippen LogP contribution in [0.5, 0.6) is 0 Å². The number of hydrogen-bond acceptors (Lipinski definition) is 3. The first-order valence-electron chi connectivity index (χ1n) is 7.93. The van der Waals surface area contributed by atoms with Gasteiger partial charge in [0.05, 0.1) is 4.88 Å². The summed E-state index contributed by atoms with van der Waals surface area (Å²) in [6.45, 7) is 5.07. The lowest BCUT2D eigenvalue weighted by molar-refractivity contribution is 0.0930. The Morgan fingerprint density at radius 2 is 2.04 bits per heavy atom. The van der Waals surface area contributed by atoms with Crippen LogP contribution in [0.1, 0.15) is 34.3 Å².